The Labute approximate surface area is 173 Å². The van der Waals surface area contributed by atoms with Gasteiger partial charge in [0.25, 0.3) is 11.8 Å². The number of hydrogen-bond donors (Lipinski definition) is 1. The number of nitrogens with one attached hydrogen (secondary N) is 1. The molecule has 0 bridgehead atoms. The van der Waals surface area contributed by atoms with Crippen molar-refractivity contribution in [2.24, 2.45) is 0 Å². The Morgan fingerprint density at radius 1 is 0.933 bits per heavy atom. The highest BCUT2D eigenvalue weighted by molar-refractivity contribution is 6.09. The van der Waals surface area contributed by atoms with Crippen LogP contribution < -0.4 is 5.32 Å². The Morgan fingerprint density at radius 3 is 2.63 bits per heavy atom. The molecule has 1 saturated heterocycles. The average molecular weight is 399 g/mol. The molecule has 1 fully saturated rings. The second kappa shape index (κ2) is 7.59. The third-order valence-electron chi connectivity index (χ3n) is 5.48. The predicted molar refractivity (Wildman–Crippen MR) is 115 cm³/mol. The molecule has 1 N–H and O–H groups in total. The van der Waals surface area contributed by atoms with Crippen LogP contribution in [0, 0.1) is 0 Å². The number of piperidine rings is 1. The molecule has 7 heteroatoms. The molecule has 150 valence electrons. The molecule has 0 aliphatic carbocycles. The Bertz CT molecular complexity index is 1250. The zero-order valence-corrected chi connectivity index (χ0v) is 16.4. The Balaban J connectivity index is 1.52. The Kier molecular flexibility index (Phi) is 4.63. The lowest BCUT2D eigenvalue weighted by Crippen LogP contribution is -2.36. The number of carbonyl (C=O) groups excluding carboxylic acids is 2. The number of pyridine rings is 2. The number of anilines is 1. The highest BCUT2D eigenvalue weighted by Gasteiger charge is 2.26. The number of para-hydroxylation sites is 1. The maximum absolute atomic E-state index is 13.1. The topological polar surface area (TPSA) is 79.6 Å². The maximum Gasteiger partial charge on any atom is 0.292 e. The average Bonchev–Trinajstić information content (AvgIpc) is 3.19. The number of benzene rings is 1. The minimum Gasteiger partial charge on any atom is -0.337 e. The van der Waals surface area contributed by atoms with Gasteiger partial charge in [0.05, 0.1) is 16.7 Å². The summed E-state index contributed by atoms with van der Waals surface area (Å²) < 4.78 is 1.67. The molecule has 0 atom stereocenters. The number of nitrogens with zero attached hydrogens (tertiary/aromatic N) is 4. The van der Waals surface area contributed by atoms with Gasteiger partial charge >= 0.3 is 0 Å². The van der Waals surface area contributed by atoms with E-state index in [-0.39, 0.29) is 17.6 Å². The van der Waals surface area contributed by atoms with Crippen LogP contribution in [0.1, 0.15) is 40.4 Å². The second-order valence-corrected chi connectivity index (χ2v) is 7.43. The number of imidazole rings is 1. The SMILES string of the molecule is O=C(Nc1cccc2cccnc12)c1nc(C(=O)N2CCCCC2)c2ccccn12. The van der Waals surface area contributed by atoms with E-state index >= 15 is 0 Å². The van der Waals surface area contributed by atoms with Crippen molar-refractivity contribution in [2.45, 2.75) is 19.3 Å². The van der Waals surface area contributed by atoms with Gasteiger partial charge in [-0.2, -0.15) is 0 Å². The van der Waals surface area contributed by atoms with Gasteiger partial charge in [0.2, 0.25) is 5.82 Å². The van der Waals surface area contributed by atoms with E-state index < -0.39 is 0 Å². The van der Waals surface area contributed by atoms with E-state index in [1.807, 2.05) is 53.4 Å². The number of aromatic nitrogens is 3. The number of amides is 2. The van der Waals surface area contributed by atoms with Gasteiger partial charge in [-0.25, -0.2) is 4.98 Å². The standard InChI is InChI=1S/C23H21N5O2/c29-22(25-17-10-6-8-16-9-7-12-24-19(16)17)21-26-20(18-11-2-5-15-28(18)21)23(30)27-13-3-1-4-14-27/h2,5-12,15H,1,3-4,13-14H2,(H,25,29). The van der Waals surface area contributed by atoms with Crippen molar-refractivity contribution in [1.82, 2.24) is 19.3 Å². The van der Waals surface area contributed by atoms with Gasteiger partial charge in [0.1, 0.15) is 0 Å². The molecular formula is C23H21N5O2. The summed E-state index contributed by atoms with van der Waals surface area (Å²) >= 11 is 0. The smallest absolute Gasteiger partial charge is 0.292 e. The van der Waals surface area contributed by atoms with Crippen molar-refractivity contribution >= 4 is 33.9 Å². The zero-order chi connectivity index (χ0) is 20.5. The van der Waals surface area contributed by atoms with Crippen LogP contribution in [0.5, 0.6) is 0 Å². The fourth-order valence-electron chi connectivity index (χ4n) is 3.99. The molecule has 0 unspecified atom stereocenters. The van der Waals surface area contributed by atoms with Crippen molar-refractivity contribution in [3.8, 4) is 0 Å². The molecule has 0 spiro atoms. The normalized spacial score (nSPS) is 14.2. The first-order valence-electron chi connectivity index (χ1n) is 10.1. The van der Waals surface area contributed by atoms with Crippen LogP contribution in [0.2, 0.25) is 0 Å². The monoisotopic (exact) mass is 399 g/mol. The first kappa shape index (κ1) is 18.3. The summed E-state index contributed by atoms with van der Waals surface area (Å²) in [6.07, 6.45) is 6.59. The summed E-state index contributed by atoms with van der Waals surface area (Å²) in [4.78, 5) is 36.9. The Hall–Kier alpha value is -3.74. The second-order valence-electron chi connectivity index (χ2n) is 7.43. The van der Waals surface area contributed by atoms with E-state index in [1.54, 1.807) is 16.8 Å². The van der Waals surface area contributed by atoms with Crippen LogP contribution in [0.15, 0.2) is 60.9 Å². The van der Waals surface area contributed by atoms with Crippen molar-refractivity contribution in [1.29, 1.82) is 0 Å². The summed E-state index contributed by atoms with van der Waals surface area (Å²) in [5.41, 5.74) is 2.27. The van der Waals surface area contributed by atoms with E-state index in [2.05, 4.69) is 15.3 Å². The number of hydrogen-bond acceptors (Lipinski definition) is 4. The van der Waals surface area contributed by atoms with Crippen LogP contribution in [0.3, 0.4) is 0 Å². The lowest BCUT2D eigenvalue weighted by Gasteiger charge is -2.25. The minimum absolute atomic E-state index is 0.121. The third-order valence-corrected chi connectivity index (χ3v) is 5.48. The fourth-order valence-corrected chi connectivity index (χ4v) is 3.99. The summed E-state index contributed by atoms with van der Waals surface area (Å²) in [5.74, 6) is -0.324. The van der Waals surface area contributed by atoms with Crippen molar-refractivity contribution in [2.75, 3.05) is 18.4 Å². The molecule has 1 aromatic carbocycles. The number of rotatable bonds is 3. The molecule has 4 aromatic rings. The molecule has 7 nitrogen and oxygen atoms in total. The van der Waals surface area contributed by atoms with Gasteiger partial charge in [0, 0.05) is 30.9 Å². The number of likely N-dealkylation sites (tertiary alicyclic amines) is 1. The maximum atomic E-state index is 13.1. The number of fused-ring (bicyclic) bond motifs is 2. The molecule has 0 radical (unpaired) electrons. The quantitative estimate of drug-likeness (QED) is 0.569. The highest BCUT2D eigenvalue weighted by atomic mass is 16.2. The molecule has 2 amide bonds. The van der Waals surface area contributed by atoms with E-state index in [4.69, 9.17) is 0 Å². The first-order chi connectivity index (χ1) is 14.7. The largest absolute Gasteiger partial charge is 0.337 e. The van der Waals surface area contributed by atoms with Crippen molar-refractivity contribution < 1.29 is 9.59 Å². The molecule has 30 heavy (non-hydrogen) atoms. The summed E-state index contributed by atoms with van der Waals surface area (Å²) in [5, 5.41) is 3.85. The van der Waals surface area contributed by atoms with E-state index in [9.17, 15) is 9.59 Å². The van der Waals surface area contributed by atoms with Crippen LogP contribution in [-0.2, 0) is 0 Å². The fraction of sp³-hybridized carbons (Fsp3) is 0.217. The summed E-state index contributed by atoms with van der Waals surface area (Å²) in [6, 6.07) is 14.9. The number of carbonyl (C=O) groups is 2. The predicted octanol–water partition coefficient (Wildman–Crippen LogP) is 3.76. The lowest BCUT2D eigenvalue weighted by molar-refractivity contribution is 0.0721. The van der Waals surface area contributed by atoms with Gasteiger partial charge in [-0.1, -0.05) is 24.3 Å². The molecule has 4 heterocycles. The van der Waals surface area contributed by atoms with Gasteiger partial charge in [-0.3, -0.25) is 19.0 Å². The highest BCUT2D eigenvalue weighted by Crippen LogP contribution is 2.23. The van der Waals surface area contributed by atoms with Crippen LogP contribution in [0.25, 0.3) is 16.4 Å². The molecule has 1 aliphatic rings. The zero-order valence-electron chi connectivity index (χ0n) is 16.4. The molecule has 1 aliphatic heterocycles. The van der Waals surface area contributed by atoms with E-state index in [1.165, 1.54) is 0 Å². The van der Waals surface area contributed by atoms with Crippen LogP contribution in [0.4, 0.5) is 5.69 Å². The lowest BCUT2D eigenvalue weighted by atomic mass is 10.1. The summed E-state index contributed by atoms with van der Waals surface area (Å²) in [6.45, 7) is 1.46. The molecule has 5 rings (SSSR count). The minimum atomic E-state index is -0.382. The van der Waals surface area contributed by atoms with E-state index in [0.717, 1.165) is 37.7 Å². The van der Waals surface area contributed by atoms with Crippen LogP contribution in [-0.4, -0.2) is 44.2 Å². The van der Waals surface area contributed by atoms with Crippen molar-refractivity contribution in [3.63, 3.8) is 0 Å². The van der Waals surface area contributed by atoms with Gasteiger partial charge in [-0.05, 0) is 43.5 Å². The Morgan fingerprint density at radius 2 is 1.77 bits per heavy atom. The molecule has 0 saturated carbocycles. The van der Waals surface area contributed by atoms with Crippen molar-refractivity contribution in [3.05, 3.63) is 72.4 Å². The first-order valence-corrected chi connectivity index (χ1v) is 10.1. The van der Waals surface area contributed by atoms with Gasteiger partial charge in [0.15, 0.2) is 5.69 Å². The molecule has 3 aromatic heterocycles. The van der Waals surface area contributed by atoms with Crippen LogP contribution >= 0.6 is 0 Å². The van der Waals surface area contributed by atoms with E-state index in [0.29, 0.717) is 22.4 Å². The van der Waals surface area contributed by atoms with Gasteiger partial charge in [-0.15, -0.1) is 0 Å². The summed E-state index contributed by atoms with van der Waals surface area (Å²) in [7, 11) is 0. The van der Waals surface area contributed by atoms with Gasteiger partial charge < -0.3 is 10.2 Å². The third kappa shape index (κ3) is 3.18. The molecular weight excluding hydrogens is 378 g/mol.